The summed E-state index contributed by atoms with van der Waals surface area (Å²) in [5, 5.41) is 4.11. The third-order valence-electron chi connectivity index (χ3n) is 2.70. The normalized spacial score (nSPS) is 12.7. The molecule has 0 aliphatic heterocycles. The monoisotopic (exact) mass is 252 g/mol. The summed E-state index contributed by atoms with van der Waals surface area (Å²) >= 11 is 0. The predicted molar refractivity (Wildman–Crippen MR) is 63.4 cm³/mol. The second-order valence-electron chi connectivity index (χ2n) is 3.93. The molecule has 1 unspecified atom stereocenters. The highest BCUT2D eigenvalue weighted by molar-refractivity contribution is 5.29. The van der Waals surface area contributed by atoms with Crippen LogP contribution in [0.2, 0.25) is 0 Å². The molecule has 0 saturated carbocycles. The van der Waals surface area contributed by atoms with Gasteiger partial charge in [0.25, 0.3) is 0 Å². The number of nitrogens with one attached hydrogen (secondary N) is 1. The lowest BCUT2D eigenvalue weighted by Gasteiger charge is -2.14. The zero-order valence-corrected chi connectivity index (χ0v) is 9.90. The molecule has 1 aromatic heterocycles. The lowest BCUT2D eigenvalue weighted by Crippen LogP contribution is -2.28. The molecule has 3 N–H and O–H groups in total. The van der Waals surface area contributed by atoms with Crippen LogP contribution in [0.5, 0.6) is 0 Å². The Morgan fingerprint density at radius 2 is 1.94 bits per heavy atom. The van der Waals surface area contributed by atoms with Crippen LogP contribution in [0, 0.1) is 11.6 Å². The number of nitrogens with zero attached hydrogens (tertiary/aromatic N) is 2. The Balaban J connectivity index is 2.38. The standard InChI is InChI=1S/C12H14F2N4/c1-2-18-7-9(6-16-18)12(17-15)8-3-10(13)5-11(14)4-8/h3-7,12,17H,2,15H2,1H3. The molecule has 1 heterocycles. The fourth-order valence-electron chi connectivity index (χ4n) is 1.83. The zero-order valence-electron chi connectivity index (χ0n) is 9.90. The van der Waals surface area contributed by atoms with E-state index in [-0.39, 0.29) is 0 Å². The van der Waals surface area contributed by atoms with Crippen LogP contribution < -0.4 is 11.3 Å². The molecule has 96 valence electrons. The van der Waals surface area contributed by atoms with E-state index in [0.29, 0.717) is 5.56 Å². The first kappa shape index (κ1) is 12.7. The average molecular weight is 252 g/mol. The van der Waals surface area contributed by atoms with E-state index in [0.717, 1.165) is 18.2 Å². The molecule has 18 heavy (non-hydrogen) atoms. The average Bonchev–Trinajstić information content (AvgIpc) is 2.77. The zero-order chi connectivity index (χ0) is 13.1. The van der Waals surface area contributed by atoms with E-state index in [1.54, 1.807) is 17.1 Å². The van der Waals surface area contributed by atoms with Crippen molar-refractivity contribution in [2.45, 2.75) is 19.5 Å². The number of hydrogen-bond acceptors (Lipinski definition) is 3. The summed E-state index contributed by atoms with van der Waals surface area (Å²) in [5.41, 5.74) is 3.72. The Labute approximate surface area is 103 Å². The van der Waals surface area contributed by atoms with Crippen LogP contribution in [0.4, 0.5) is 8.78 Å². The third kappa shape index (κ3) is 2.55. The Morgan fingerprint density at radius 3 is 2.44 bits per heavy atom. The molecule has 6 heteroatoms. The van der Waals surface area contributed by atoms with Crippen LogP contribution in [0.1, 0.15) is 24.1 Å². The second kappa shape index (κ2) is 5.24. The molecule has 0 saturated heterocycles. The van der Waals surface area contributed by atoms with Gasteiger partial charge in [-0.25, -0.2) is 14.2 Å². The van der Waals surface area contributed by atoms with E-state index in [4.69, 9.17) is 5.84 Å². The van der Waals surface area contributed by atoms with Crippen molar-refractivity contribution in [3.63, 3.8) is 0 Å². The summed E-state index contributed by atoms with van der Waals surface area (Å²) in [7, 11) is 0. The van der Waals surface area contributed by atoms with Crippen molar-refractivity contribution in [2.75, 3.05) is 0 Å². The number of hydrogen-bond donors (Lipinski definition) is 2. The molecule has 2 rings (SSSR count). The molecule has 0 fully saturated rings. The fourth-order valence-corrected chi connectivity index (χ4v) is 1.83. The Bertz CT molecular complexity index is 518. The van der Waals surface area contributed by atoms with Gasteiger partial charge in [0.2, 0.25) is 0 Å². The van der Waals surface area contributed by atoms with Gasteiger partial charge in [0.1, 0.15) is 11.6 Å². The summed E-state index contributed by atoms with van der Waals surface area (Å²) in [6.07, 6.45) is 3.41. The van der Waals surface area contributed by atoms with Crippen molar-refractivity contribution < 1.29 is 8.78 Å². The smallest absolute Gasteiger partial charge is 0.126 e. The van der Waals surface area contributed by atoms with Crippen LogP contribution in [0.3, 0.4) is 0 Å². The first-order valence-electron chi connectivity index (χ1n) is 5.58. The van der Waals surface area contributed by atoms with Gasteiger partial charge in [0.15, 0.2) is 0 Å². The number of hydrazine groups is 1. The van der Waals surface area contributed by atoms with Gasteiger partial charge in [-0.05, 0) is 24.6 Å². The van der Waals surface area contributed by atoms with E-state index < -0.39 is 17.7 Å². The van der Waals surface area contributed by atoms with Gasteiger partial charge in [-0.3, -0.25) is 10.5 Å². The highest BCUT2D eigenvalue weighted by atomic mass is 19.1. The Morgan fingerprint density at radius 1 is 1.28 bits per heavy atom. The summed E-state index contributed by atoms with van der Waals surface area (Å²) < 4.78 is 28.1. The molecule has 0 radical (unpaired) electrons. The van der Waals surface area contributed by atoms with E-state index in [9.17, 15) is 8.78 Å². The first-order chi connectivity index (χ1) is 8.63. The van der Waals surface area contributed by atoms with Crippen molar-refractivity contribution in [1.29, 1.82) is 0 Å². The molecule has 1 atom stereocenters. The Kier molecular flexibility index (Phi) is 3.69. The minimum Gasteiger partial charge on any atom is -0.273 e. The fraction of sp³-hybridized carbons (Fsp3) is 0.250. The lowest BCUT2D eigenvalue weighted by atomic mass is 10.0. The van der Waals surface area contributed by atoms with Gasteiger partial charge >= 0.3 is 0 Å². The van der Waals surface area contributed by atoms with E-state index in [1.165, 1.54) is 12.1 Å². The van der Waals surface area contributed by atoms with Crippen LogP contribution in [0.15, 0.2) is 30.6 Å². The van der Waals surface area contributed by atoms with Gasteiger partial charge in [-0.15, -0.1) is 0 Å². The van der Waals surface area contributed by atoms with Gasteiger partial charge in [-0.1, -0.05) is 0 Å². The Hall–Kier alpha value is -1.79. The van der Waals surface area contributed by atoms with Crippen LogP contribution in [-0.2, 0) is 6.54 Å². The number of halogens is 2. The maximum Gasteiger partial charge on any atom is 0.126 e. The molecule has 0 bridgehead atoms. The molecule has 1 aromatic carbocycles. The maximum absolute atomic E-state index is 13.2. The van der Waals surface area contributed by atoms with E-state index in [2.05, 4.69) is 10.5 Å². The SMILES string of the molecule is CCn1cc(C(NN)c2cc(F)cc(F)c2)cn1. The number of benzene rings is 1. The van der Waals surface area contributed by atoms with Gasteiger partial charge in [-0.2, -0.15) is 5.10 Å². The highest BCUT2D eigenvalue weighted by Gasteiger charge is 2.16. The van der Waals surface area contributed by atoms with E-state index >= 15 is 0 Å². The van der Waals surface area contributed by atoms with Crippen molar-refractivity contribution in [3.05, 3.63) is 53.4 Å². The molecular formula is C12H14F2N4. The van der Waals surface area contributed by atoms with E-state index in [1.807, 2.05) is 6.92 Å². The van der Waals surface area contributed by atoms with Gasteiger partial charge in [0.05, 0.1) is 12.2 Å². The molecule has 0 aliphatic carbocycles. The number of aromatic nitrogens is 2. The topological polar surface area (TPSA) is 55.9 Å². The molecule has 2 aromatic rings. The van der Waals surface area contributed by atoms with Crippen molar-refractivity contribution in [2.24, 2.45) is 5.84 Å². The van der Waals surface area contributed by atoms with Crippen molar-refractivity contribution in [3.8, 4) is 0 Å². The summed E-state index contributed by atoms with van der Waals surface area (Å²) in [5.74, 6) is 4.19. The number of nitrogens with two attached hydrogens (primary N) is 1. The quantitative estimate of drug-likeness (QED) is 0.643. The highest BCUT2D eigenvalue weighted by Crippen LogP contribution is 2.22. The first-order valence-corrected chi connectivity index (χ1v) is 5.58. The molecule has 0 amide bonds. The minimum absolute atomic E-state index is 0.422. The summed E-state index contributed by atoms with van der Waals surface area (Å²) in [6, 6.07) is 2.83. The number of aryl methyl sites for hydroxylation is 1. The lowest BCUT2D eigenvalue weighted by molar-refractivity contribution is 0.565. The molecule has 0 aliphatic rings. The van der Waals surface area contributed by atoms with Gasteiger partial charge < -0.3 is 0 Å². The number of rotatable bonds is 4. The van der Waals surface area contributed by atoms with Crippen molar-refractivity contribution in [1.82, 2.24) is 15.2 Å². The van der Waals surface area contributed by atoms with Crippen LogP contribution in [-0.4, -0.2) is 9.78 Å². The summed E-state index contributed by atoms with van der Waals surface area (Å²) in [4.78, 5) is 0. The van der Waals surface area contributed by atoms with Crippen molar-refractivity contribution >= 4 is 0 Å². The second-order valence-corrected chi connectivity index (χ2v) is 3.93. The van der Waals surface area contributed by atoms with Gasteiger partial charge in [0, 0.05) is 24.4 Å². The molecular weight excluding hydrogens is 238 g/mol. The summed E-state index contributed by atoms with van der Waals surface area (Å²) in [6.45, 7) is 2.66. The van der Waals surface area contributed by atoms with Crippen LogP contribution >= 0.6 is 0 Å². The minimum atomic E-state index is -0.631. The molecule has 0 spiro atoms. The third-order valence-corrected chi connectivity index (χ3v) is 2.70. The molecule has 4 nitrogen and oxygen atoms in total. The predicted octanol–water partition coefficient (Wildman–Crippen LogP) is 1.73. The van der Waals surface area contributed by atoms with Crippen LogP contribution in [0.25, 0.3) is 0 Å². The largest absolute Gasteiger partial charge is 0.273 e. The maximum atomic E-state index is 13.2.